The van der Waals surface area contributed by atoms with Crippen molar-refractivity contribution in [1.29, 1.82) is 0 Å². The van der Waals surface area contributed by atoms with Gasteiger partial charge in [-0.25, -0.2) is 5.48 Å². The number of hydrogen-bond acceptors (Lipinski definition) is 4. The zero-order chi connectivity index (χ0) is 11.9. The highest BCUT2D eigenvalue weighted by atomic mass is 19.4. The summed E-state index contributed by atoms with van der Waals surface area (Å²) in [5.74, 6) is -1.64. The second kappa shape index (κ2) is 6.19. The van der Waals surface area contributed by atoms with Crippen LogP contribution in [0.5, 0.6) is 0 Å². The lowest BCUT2D eigenvalue weighted by Crippen LogP contribution is -2.39. The predicted octanol–water partition coefficient (Wildman–Crippen LogP) is -1.33. The van der Waals surface area contributed by atoms with Gasteiger partial charge in [-0.05, 0) is 0 Å². The van der Waals surface area contributed by atoms with Crippen LogP contribution in [0.4, 0.5) is 13.2 Å². The minimum absolute atomic E-state index is 0.537. The van der Waals surface area contributed by atoms with Crippen molar-refractivity contribution < 1.29 is 27.6 Å². The molecular weight excluding hydrogens is 219 g/mol. The number of rotatable bonds is 6. The first-order valence-electron chi connectivity index (χ1n) is 3.77. The summed E-state index contributed by atoms with van der Waals surface area (Å²) in [6.07, 6.45) is -4.38. The summed E-state index contributed by atoms with van der Waals surface area (Å²) in [7, 11) is 0. The Kier molecular flexibility index (Phi) is 5.64. The van der Waals surface area contributed by atoms with Crippen molar-refractivity contribution in [3.05, 3.63) is 0 Å². The second-order valence-electron chi connectivity index (χ2n) is 2.50. The van der Waals surface area contributed by atoms with E-state index >= 15 is 0 Å². The number of hydrogen-bond donors (Lipinski definition) is 3. The van der Waals surface area contributed by atoms with Gasteiger partial charge < -0.3 is 11.1 Å². The smallest absolute Gasteiger partial charge is 0.368 e. The minimum atomic E-state index is -4.38. The zero-order valence-electron chi connectivity index (χ0n) is 7.56. The van der Waals surface area contributed by atoms with E-state index in [9.17, 15) is 22.8 Å². The standard InChI is InChI=1S/C6H10F3N3O3/c7-6(8,9)3-11-1-5(14)12-15-2-4(10)13/h11H,1-3H2,(H2,10,13)(H,12,14). The summed E-state index contributed by atoms with van der Waals surface area (Å²) in [4.78, 5) is 25.0. The molecular formula is C6H10F3N3O3. The number of carbonyl (C=O) groups excluding carboxylic acids is 2. The van der Waals surface area contributed by atoms with Crippen LogP contribution >= 0.6 is 0 Å². The lowest BCUT2D eigenvalue weighted by Gasteiger charge is -2.08. The molecule has 0 aliphatic heterocycles. The van der Waals surface area contributed by atoms with Crippen LogP contribution in [-0.4, -0.2) is 37.7 Å². The first-order chi connectivity index (χ1) is 6.81. The summed E-state index contributed by atoms with van der Waals surface area (Å²) >= 11 is 0. The van der Waals surface area contributed by atoms with Gasteiger partial charge in [0.15, 0.2) is 6.61 Å². The van der Waals surface area contributed by atoms with Gasteiger partial charge in [0.2, 0.25) is 5.91 Å². The fourth-order valence-corrected chi connectivity index (χ4v) is 0.542. The maximum absolute atomic E-state index is 11.6. The molecule has 88 valence electrons. The van der Waals surface area contributed by atoms with Crippen LogP contribution < -0.4 is 16.5 Å². The number of halogens is 3. The van der Waals surface area contributed by atoms with Gasteiger partial charge in [0.05, 0.1) is 13.1 Å². The van der Waals surface area contributed by atoms with E-state index in [0.29, 0.717) is 0 Å². The molecule has 0 aliphatic rings. The highest BCUT2D eigenvalue weighted by molar-refractivity contribution is 5.78. The van der Waals surface area contributed by atoms with Gasteiger partial charge in [-0.15, -0.1) is 0 Å². The Bertz CT molecular complexity index is 231. The molecule has 6 nitrogen and oxygen atoms in total. The Hall–Kier alpha value is -1.35. The topological polar surface area (TPSA) is 93.5 Å². The summed E-state index contributed by atoms with van der Waals surface area (Å²) in [5.41, 5.74) is 6.39. The molecule has 0 aliphatic carbocycles. The van der Waals surface area contributed by atoms with Crippen LogP contribution in [0.1, 0.15) is 0 Å². The summed E-state index contributed by atoms with van der Waals surface area (Å²) < 4.78 is 34.7. The number of amides is 2. The van der Waals surface area contributed by atoms with Gasteiger partial charge in [-0.1, -0.05) is 0 Å². The predicted molar refractivity (Wildman–Crippen MR) is 42.2 cm³/mol. The molecule has 0 atom stereocenters. The van der Waals surface area contributed by atoms with Crippen LogP contribution in [0.3, 0.4) is 0 Å². The average Bonchev–Trinajstić information content (AvgIpc) is 2.00. The Morgan fingerprint density at radius 3 is 2.40 bits per heavy atom. The highest BCUT2D eigenvalue weighted by Gasteiger charge is 2.26. The summed E-state index contributed by atoms with van der Waals surface area (Å²) in [6, 6.07) is 0. The molecule has 0 saturated carbocycles. The third kappa shape index (κ3) is 10.6. The lowest BCUT2D eigenvalue weighted by molar-refractivity contribution is -0.138. The van der Waals surface area contributed by atoms with Crippen LogP contribution in [0.25, 0.3) is 0 Å². The molecule has 0 fully saturated rings. The van der Waals surface area contributed by atoms with E-state index in [4.69, 9.17) is 0 Å². The quantitative estimate of drug-likeness (QED) is 0.492. The van der Waals surface area contributed by atoms with Gasteiger partial charge in [0.1, 0.15) is 0 Å². The molecule has 15 heavy (non-hydrogen) atoms. The molecule has 0 bridgehead atoms. The number of alkyl halides is 3. The van der Waals surface area contributed by atoms with E-state index in [1.165, 1.54) is 0 Å². The molecule has 0 spiro atoms. The van der Waals surface area contributed by atoms with Crippen LogP contribution in [-0.2, 0) is 14.4 Å². The third-order valence-electron chi connectivity index (χ3n) is 1.01. The first-order valence-corrected chi connectivity index (χ1v) is 3.77. The lowest BCUT2D eigenvalue weighted by atomic mass is 10.5. The zero-order valence-corrected chi connectivity index (χ0v) is 7.56. The number of hydroxylamine groups is 1. The normalized spacial score (nSPS) is 11.1. The number of primary amides is 1. The first kappa shape index (κ1) is 13.7. The third-order valence-corrected chi connectivity index (χ3v) is 1.01. The van der Waals surface area contributed by atoms with Crippen molar-refractivity contribution in [2.45, 2.75) is 6.18 Å². The minimum Gasteiger partial charge on any atom is -0.368 e. The van der Waals surface area contributed by atoms with Crippen LogP contribution in [0.2, 0.25) is 0 Å². The van der Waals surface area contributed by atoms with Gasteiger partial charge in [0, 0.05) is 0 Å². The molecule has 0 unspecified atom stereocenters. The van der Waals surface area contributed by atoms with Crippen molar-refractivity contribution in [3.63, 3.8) is 0 Å². The van der Waals surface area contributed by atoms with E-state index in [-0.39, 0.29) is 0 Å². The molecule has 4 N–H and O–H groups in total. The maximum Gasteiger partial charge on any atom is 0.401 e. The van der Waals surface area contributed by atoms with E-state index in [1.54, 1.807) is 5.48 Å². The average molecular weight is 229 g/mol. The monoisotopic (exact) mass is 229 g/mol. The number of nitrogens with one attached hydrogen (secondary N) is 2. The molecule has 0 rings (SSSR count). The second-order valence-corrected chi connectivity index (χ2v) is 2.50. The van der Waals surface area contributed by atoms with Crippen molar-refractivity contribution in [3.8, 4) is 0 Å². The fourth-order valence-electron chi connectivity index (χ4n) is 0.542. The van der Waals surface area contributed by atoms with Gasteiger partial charge >= 0.3 is 6.18 Å². The molecule has 0 aromatic heterocycles. The van der Waals surface area contributed by atoms with E-state index in [0.717, 1.165) is 0 Å². The SMILES string of the molecule is NC(=O)CONC(=O)CNCC(F)(F)F. The Balaban J connectivity index is 3.46. The Morgan fingerprint density at radius 2 is 1.93 bits per heavy atom. The number of carbonyl (C=O) groups is 2. The van der Waals surface area contributed by atoms with E-state index in [1.807, 2.05) is 5.32 Å². The van der Waals surface area contributed by atoms with Gasteiger partial charge in [-0.3, -0.25) is 14.4 Å². The van der Waals surface area contributed by atoms with Crippen molar-refractivity contribution in [2.75, 3.05) is 19.7 Å². The molecule has 0 aromatic rings. The number of nitrogens with two attached hydrogens (primary N) is 1. The fraction of sp³-hybridized carbons (Fsp3) is 0.667. The molecule has 0 radical (unpaired) electrons. The van der Waals surface area contributed by atoms with E-state index in [2.05, 4.69) is 10.6 Å². The Labute approximate surface area is 82.9 Å². The Morgan fingerprint density at radius 1 is 1.33 bits per heavy atom. The van der Waals surface area contributed by atoms with Crippen molar-refractivity contribution in [1.82, 2.24) is 10.8 Å². The summed E-state index contributed by atoms with van der Waals surface area (Å²) in [6.45, 7) is -2.39. The molecule has 0 aromatic carbocycles. The van der Waals surface area contributed by atoms with Gasteiger partial charge in [-0.2, -0.15) is 13.2 Å². The van der Waals surface area contributed by atoms with E-state index < -0.39 is 37.7 Å². The van der Waals surface area contributed by atoms with Gasteiger partial charge in [0.25, 0.3) is 5.91 Å². The highest BCUT2D eigenvalue weighted by Crippen LogP contribution is 2.11. The largest absolute Gasteiger partial charge is 0.401 e. The van der Waals surface area contributed by atoms with Crippen molar-refractivity contribution in [2.24, 2.45) is 5.73 Å². The molecule has 0 saturated heterocycles. The molecule has 9 heteroatoms. The maximum atomic E-state index is 11.6. The summed E-state index contributed by atoms with van der Waals surface area (Å²) in [5, 5.41) is 1.83. The molecule has 0 heterocycles. The van der Waals surface area contributed by atoms with Crippen LogP contribution in [0.15, 0.2) is 0 Å². The van der Waals surface area contributed by atoms with Crippen LogP contribution in [0, 0.1) is 0 Å². The molecule has 2 amide bonds. The van der Waals surface area contributed by atoms with Crippen molar-refractivity contribution >= 4 is 11.8 Å².